The van der Waals surface area contributed by atoms with E-state index < -0.39 is 0 Å². The summed E-state index contributed by atoms with van der Waals surface area (Å²) in [6, 6.07) is 21.3. The smallest absolute Gasteiger partial charge is 0.135 e. The minimum absolute atomic E-state index is 0.0247. The third kappa shape index (κ3) is 4.45. The van der Waals surface area contributed by atoms with E-state index in [2.05, 4.69) is 68.4 Å². The number of rotatable bonds is 8. The molecule has 29 heavy (non-hydrogen) atoms. The summed E-state index contributed by atoms with van der Waals surface area (Å²) < 4.78 is 15.7. The highest BCUT2D eigenvalue weighted by molar-refractivity contribution is 5.75. The van der Waals surface area contributed by atoms with Gasteiger partial charge in [0.15, 0.2) is 0 Å². The summed E-state index contributed by atoms with van der Waals surface area (Å²) in [7, 11) is 0. The van der Waals surface area contributed by atoms with E-state index >= 15 is 4.39 Å². The Labute approximate surface area is 174 Å². The largest absolute Gasteiger partial charge is 0.206 e. The first kappa shape index (κ1) is 19.9. The SMILES string of the molecule is CCCCc1ccc(-c2ccc(-c3ccc(CCC)cc3)c(F)c2C2CC2)cc1. The lowest BCUT2D eigenvalue weighted by molar-refractivity contribution is 0.615. The van der Waals surface area contributed by atoms with Crippen molar-refractivity contribution in [2.45, 2.75) is 64.7 Å². The van der Waals surface area contributed by atoms with Gasteiger partial charge in [-0.05, 0) is 71.4 Å². The van der Waals surface area contributed by atoms with E-state index in [-0.39, 0.29) is 5.82 Å². The van der Waals surface area contributed by atoms with Crippen molar-refractivity contribution in [3.05, 3.63) is 83.2 Å². The quantitative estimate of drug-likeness (QED) is 0.365. The third-order valence-corrected chi connectivity index (χ3v) is 6.05. The molecule has 4 rings (SSSR count). The van der Waals surface area contributed by atoms with Crippen molar-refractivity contribution in [3.63, 3.8) is 0 Å². The van der Waals surface area contributed by atoms with Gasteiger partial charge >= 0.3 is 0 Å². The maximum atomic E-state index is 15.7. The average Bonchev–Trinajstić information content (AvgIpc) is 3.58. The van der Waals surface area contributed by atoms with Crippen molar-refractivity contribution in [2.24, 2.45) is 0 Å². The molecule has 0 aromatic heterocycles. The average molecular weight is 387 g/mol. The molecule has 1 fully saturated rings. The molecule has 1 saturated carbocycles. The Morgan fingerprint density at radius 2 is 1.24 bits per heavy atom. The molecule has 0 atom stereocenters. The lowest BCUT2D eigenvalue weighted by Gasteiger charge is -2.15. The maximum Gasteiger partial charge on any atom is 0.135 e. The van der Waals surface area contributed by atoms with E-state index in [1.54, 1.807) is 0 Å². The summed E-state index contributed by atoms with van der Waals surface area (Å²) in [5.74, 6) is 0.340. The molecule has 0 spiro atoms. The van der Waals surface area contributed by atoms with Crippen LogP contribution in [0.5, 0.6) is 0 Å². The molecule has 0 aliphatic heterocycles. The van der Waals surface area contributed by atoms with E-state index in [0.29, 0.717) is 5.92 Å². The molecular weight excluding hydrogens is 355 g/mol. The standard InChI is InChI=1S/C28H31F/c1-3-5-7-21-10-12-22(13-11-21)25-18-19-26(28(29)27(25)24-16-17-24)23-14-8-20(6-4-2)9-15-23/h8-15,18-19,24H,3-7,16-17H2,1-2H3. The van der Waals surface area contributed by atoms with E-state index in [0.717, 1.165) is 59.9 Å². The molecule has 0 radical (unpaired) electrons. The lowest BCUT2D eigenvalue weighted by atomic mass is 9.91. The van der Waals surface area contributed by atoms with Crippen molar-refractivity contribution in [1.82, 2.24) is 0 Å². The number of hydrogen-bond donors (Lipinski definition) is 0. The van der Waals surface area contributed by atoms with E-state index in [9.17, 15) is 0 Å². The molecule has 0 amide bonds. The number of benzene rings is 3. The second-order valence-corrected chi connectivity index (χ2v) is 8.41. The number of hydrogen-bond acceptors (Lipinski definition) is 0. The van der Waals surface area contributed by atoms with Crippen molar-refractivity contribution in [2.75, 3.05) is 0 Å². The van der Waals surface area contributed by atoms with E-state index in [1.807, 2.05) is 6.07 Å². The Balaban J connectivity index is 1.68. The fourth-order valence-electron chi connectivity index (χ4n) is 4.21. The summed E-state index contributed by atoms with van der Waals surface area (Å²) in [6.45, 7) is 4.41. The molecule has 1 heteroatoms. The highest BCUT2D eigenvalue weighted by Gasteiger charge is 2.31. The molecule has 0 unspecified atom stereocenters. The molecule has 3 aromatic rings. The Morgan fingerprint density at radius 3 is 1.79 bits per heavy atom. The van der Waals surface area contributed by atoms with Crippen molar-refractivity contribution in [1.29, 1.82) is 0 Å². The topological polar surface area (TPSA) is 0 Å². The van der Waals surface area contributed by atoms with Gasteiger partial charge in [-0.2, -0.15) is 0 Å². The Bertz CT molecular complexity index is 947. The van der Waals surface area contributed by atoms with Crippen LogP contribution in [0.1, 0.15) is 68.6 Å². The molecule has 3 aromatic carbocycles. The first-order valence-electron chi connectivity index (χ1n) is 11.2. The van der Waals surface area contributed by atoms with E-state index in [1.165, 1.54) is 24.0 Å². The first-order chi connectivity index (χ1) is 14.2. The van der Waals surface area contributed by atoms with Gasteiger partial charge in [-0.15, -0.1) is 0 Å². The summed E-state index contributed by atoms with van der Waals surface area (Å²) in [5, 5.41) is 0. The number of halogens is 1. The predicted molar refractivity (Wildman–Crippen MR) is 122 cm³/mol. The van der Waals surface area contributed by atoms with Crippen LogP contribution in [0, 0.1) is 5.82 Å². The van der Waals surface area contributed by atoms with Gasteiger partial charge in [0, 0.05) is 5.56 Å². The van der Waals surface area contributed by atoms with Crippen LogP contribution < -0.4 is 0 Å². The van der Waals surface area contributed by atoms with Gasteiger partial charge in [0.1, 0.15) is 5.82 Å². The van der Waals surface area contributed by atoms with Gasteiger partial charge in [0.25, 0.3) is 0 Å². The van der Waals surface area contributed by atoms with Crippen LogP contribution in [0.15, 0.2) is 60.7 Å². The molecule has 0 bridgehead atoms. The highest BCUT2D eigenvalue weighted by atomic mass is 19.1. The molecule has 0 nitrogen and oxygen atoms in total. The van der Waals surface area contributed by atoms with Gasteiger partial charge in [-0.1, -0.05) is 87.4 Å². The van der Waals surface area contributed by atoms with Crippen LogP contribution in [0.25, 0.3) is 22.3 Å². The fourth-order valence-corrected chi connectivity index (χ4v) is 4.21. The summed E-state index contributed by atoms with van der Waals surface area (Å²) in [5.41, 5.74) is 7.52. The number of aryl methyl sites for hydroxylation is 2. The van der Waals surface area contributed by atoms with Crippen LogP contribution in [0.2, 0.25) is 0 Å². The zero-order valence-electron chi connectivity index (χ0n) is 17.7. The lowest BCUT2D eigenvalue weighted by Crippen LogP contribution is -1.97. The molecule has 0 heterocycles. The monoisotopic (exact) mass is 386 g/mol. The summed E-state index contributed by atoms with van der Waals surface area (Å²) in [6.07, 6.45) is 7.93. The maximum absolute atomic E-state index is 15.7. The second kappa shape index (κ2) is 8.95. The molecule has 1 aliphatic rings. The van der Waals surface area contributed by atoms with Crippen LogP contribution in [-0.4, -0.2) is 0 Å². The van der Waals surface area contributed by atoms with Crippen LogP contribution in [0.3, 0.4) is 0 Å². The first-order valence-corrected chi connectivity index (χ1v) is 11.2. The van der Waals surface area contributed by atoms with E-state index in [4.69, 9.17) is 0 Å². The van der Waals surface area contributed by atoms with Gasteiger partial charge in [0.2, 0.25) is 0 Å². The van der Waals surface area contributed by atoms with Crippen LogP contribution in [0.4, 0.5) is 4.39 Å². The normalized spacial score (nSPS) is 13.6. The zero-order chi connectivity index (χ0) is 20.2. The summed E-state index contributed by atoms with van der Waals surface area (Å²) in [4.78, 5) is 0. The fraction of sp³-hybridized carbons (Fsp3) is 0.357. The van der Waals surface area contributed by atoms with Crippen molar-refractivity contribution >= 4 is 0 Å². The molecule has 0 N–H and O–H groups in total. The van der Waals surface area contributed by atoms with Gasteiger partial charge in [-0.3, -0.25) is 0 Å². The van der Waals surface area contributed by atoms with Crippen LogP contribution >= 0.6 is 0 Å². The van der Waals surface area contributed by atoms with Crippen molar-refractivity contribution < 1.29 is 4.39 Å². The predicted octanol–water partition coefficient (Wildman–Crippen LogP) is 8.33. The minimum Gasteiger partial charge on any atom is -0.206 e. The summed E-state index contributed by atoms with van der Waals surface area (Å²) >= 11 is 0. The Kier molecular flexibility index (Phi) is 6.13. The van der Waals surface area contributed by atoms with Gasteiger partial charge < -0.3 is 0 Å². The Hall–Kier alpha value is -2.41. The molecule has 1 aliphatic carbocycles. The zero-order valence-corrected chi connectivity index (χ0v) is 17.7. The van der Waals surface area contributed by atoms with Gasteiger partial charge in [0.05, 0.1) is 0 Å². The Morgan fingerprint density at radius 1 is 0.690 bits per heavy atom. The van der Waals surface area contributed by atoms with Gasteiger partial charge in [-0.25, -0.2) is 4.39 Å². The van der Waals surface area contributed by atoms with Crippen molar-refractivity contribution in [3.8, 4) is 22.3 Å². The molecular formula is C28H31F. The highest BCUT2D eigenvalue weighted by Crippen LogP contribution is 2.47. The second-order valence-electron chi connectivity index (χ2n) is 8.41. The minimum atomic E-state index is -0.0247. The number of unbranched alkanes of at least 4 members (excludes halogenated alkanes) is 1. The molecule has 0 saturated heterocycles. The third-order valence-electron chi connectivity index (χ3n) is 6.05. The van der Waals surface area contributed by atoms with Crippen LogP contribution in [-0.2, 0) is 12.8 Å². The molecule has 150 valence electrons.